The number of aliphatic hydroxyl groups excluding tert-OH is 2. The molecule has 2 rings (SSSR count). The summed E-state index contributed by atoms with van der Waals surface area (Å²) in [6.07, 6.45) is 12.1. The molecule has 5 atom stereocenters. The molecule has 1 fully saturated rings. The Balaban J connectivity index is 1.83. The van der Waals surface area contributed by atoms with Crippen molar-refractivity contribution in [1.29, 1.82) is 0 Å². The molecule has 1 heterocycles. The van der Waals surface area contributed by atoms with Crippen molar-refractivity contribution in [2.75, 3.05) is 0 Å². The molecule has 0 bridgehead atoms. The second-order valence-electron chi connectivity index (χ2n) is 7.25. The van der Waals surface area contributed by atoms with Crippen molar-refractivity contribution in [3.8, 4) is 0 Å². The number of carbonyl (C=O) groups is 1. The highest BCUT2D eigenvalue weighted by Crippen LogP contribution is 2.40. The van der Waals surface area contributed by atoms with Crippen molar-refractivity contribution in [2.45, 2.75) is 89.1 Å². The van der Waals surface area contributed by atoms with Crippen molar-refractivity contribution in [3.05, 3.63) is 23.8 Å². The third-order valence-electron chi connectivity index (χ3n) is 5.12. The summed E-state index contributed by atoms with van der Waals surface area (Å²) in [7, 11) is 0. The van der Waals surface area contributed by atoms with Gasteiger partial charge in [-0.15, -0.1) is 0 Å². The SMILES string of the molecule is CCCCCC(O)C=C[C@@H]1C2=CC(CCCCC(=O)O)OC2CC1O. The molecule has 4 unspecified atom stereocenters. The van der Waals surface area contributed by atoms with E-state index in [9.17, 15) is 15.0 Å². The van der Waals surface area contributed by atoms with Gasteiger partial charge >= 0.3 is 5.97 Å². The largest absolute Gasteiger partial charge is 0.481 e. The van der Waals surface area contributed by atoms with E-state index in [1.54, 1.807) is 0 Å². The number of fused-ring (bicyclic) bond motifs is 1. The minimum atomic E-state index is -0.756. The van der Waals surface area contributed by atoms with Crippen LogP contribution in [0.15, 0.2) is 23.8 Å². The van der Waals surface area contributed by atoms with Crippen molar-refractivity contribution in [3.63, 3.8) is 0 Å². The van der Waals surface area contributed by atoms with E-state index in [1.807, 2.05) is 12.2 Å². The maximum Gasteiger partial charge on any atom is 0.303 e. The van der Waals surface area contributed by atoms with Gasteiger partial charge in [-0.05, 0) is 31.3 Å². The Bertz CT molecular complexity index is 484. The number of carboxylic acid groups (broad SMARTS) is 1. The Morgan fingerprint density at radius 2 is 2.16 bits per heavy atom. The van der Waals surface area contributed by atoms with Gasteiger partial charge in [0, 0.05) is 18.8 Å². The average molecular weight is 352 g/mol. The Labute approximate surface area is 150 Å². The maximum absolute atomic E-state index is 10.5. The first-order valence-electron chi connectivity index (χ1n) is 9.64. The van der Waals surface area contributed by atoms with Crippen LogP contribution in [0.1, 0.15) is 64.7 Å². The molecule has 0 aromatic rings. The molecule has 5 heteroatoms. The van der Waals surface area contributed by atoms with Crippen LogP contribution in [-0.4, -0.2) is 45.7 Å². The highest BCUT2D eigenvalue weighted by atomic mass is 16.5. The van der Waals surface area contributed by atoms with Crippen LogP contribution in [0.25, 0.3) is 0 Å². The van der Waals surface area contributed by atoms with Gasteiger partial charge < -0.3 is 20.1 Å². The first-order chi connectivity index (χ1) is 12.0. The van der Waals surface area contributed by atoms with Gasteiger partial charge in [0.25, 0.3) is 0 Å². The molecule has 0 aromatic heterocycles. The Morgan fingerprint density at radius 1 is 1.36 bits per heavy atom. The number of hydrogen-bond acceptors (Lipinski definition) is 4. The highest BCUT2D eigenvalue weighted by molar-refractivity contribution is 5.66. The van der Waals surface area contributed by atoms with Gasteiger partial charge in [-0.3, -0.25) is 4.79 Å². The molecule has 0 amide bonds. The summed E-state index contributed by atoms with van der Waals surface area (Å²) in [4.78, 5) is 10.5. The Hall–Kier alpha value is -1.17. The summed E-state index contributed by atoms with van der Waals surface area (Å²) in [5.41, 5.74) is 1.12. The van der Waals surface area contributed by atoms with Gasteiger partial charge in [-0.2, -0.15) is 0 Å². The summed E-state index contributed by atoms with van der Waals surface area (Å²) < 4.78 is 5.98. The second kappa shape index (κ2) is 10.1. The van der Waals surface area contributed by atoms with E-state index in [-0.39, 0.29) is 24.5 Å². The molecule has 1 aliphatic carbocycles. The van der Waals surface area contributed by atoms with Crippen molar-refractivity contribution >= 4 is 5.97 Å². The third-order valence-corrected chi connectivity index (χ3v) is 5.12. The molecule has 142 valence electrons. The average Bonchev–Trinajstić information content (AvgIpc) is 3.06. The van der Waals surface area contributed by atoms with Crippen LogP contribution < -0.4 is 0 Å². The number of carboxylic acids is 1. The van der Waals surface area contributed by atoms with E-state index in [2.05, 4.69) is 13.0 Å². The van der Waals surface area contributed by atoms with Gasteiger partial charge in [-0.25, -0.2) is 0 Å². The van der Waals surface area contributed by atoms with Crippen LogP contribution in [0.3, 0.4) is 0 Å². The number of rotatable bonds is 11. The molecule has 1 aliphatic heterocycles. The van der Waals surface area contributed by atoms with Crippen LogP contribution in [0.5, 0.6) is 0 Å². The van der Waals surface area contributed by atoms with Crippen molar-refractivity contribution in [2.24, 2.45) is 5.92 Å². The molecule has 0 saturated heterocycles. The van der Waals surface area contributed by atoms with E-state index in [0.29, 0.717) is 12.8 Å². The first-order valence-corrected chi connectivity index (χ1v) is 9.64. The fourth-order valence-electron chi connectivity index (χ4n) is 3.72. The van der Waals surface area contributed by atoms with Crippen molar-refractivity contribution in [1.82, 2.24) is 0 Å². The van der Waals surface area contributed by atoms with Gasteiger partial charge in [0.2, 0.25) is 0 Å². The quantitative estimate of drug-likeness (QED) is 0.393. The zero-order chi connectivity index (χ0) is 18.2. The lowest BCUT2D eigenvalue weighted by Gasteiger charge is -2.13. The van der Waals surface area contributed by atoms with E-state index in [0.717, 1.165) is 44.1 Å². The number of ether oxygens (including phenoxy) is 1. The predicted octanol–water partition coefficient (Wildman–Crippen LogP) is 3.20. The number of unbranched alkanes of at least 4 members (excludes halogenated alkanes) is 3. The normalized spacial score (nSPS) is 29.8. The highest BCUT2D eigenvalue weighted by Gasteiger charge is 2.41. The minimum Gasteiger partial charge on any atom is -0.481 e. The molecule has 5 nitrogen and oxygen atoms in total. The maximum atomic E-state index is 10.5. The summed E-state index contributed by atoms with van der Waals surface area (Å²) in [5.74, 6) is -0.830. The number of aliphatic carboxylic acids is 1. The second-order valence-corrected chi connectivity index (χ2v) is 7.25. The first kappa shape index (κ1) is 20.1. The van der Waals surface area contributed by atoms with Crippen LogP contribution in [0.4, 0.5) is 0 Å². The Morgan fingerprint density at radius 3 is 2.88 bits per heavy atom. The summed E-state index contributed by atoms with van der Waals surface area (Å²) >= 11 is 0. The summed E-state index contributed by atoms with van der Waals surface area (Å²) in [6, 6.07) is 0. The zero-order valence-electron chi connectivity index (χ0n) is 15.1. The monoisotopic (exact) mass is 352 g/mol. The van der Waals surface area contributed by atoms with Crippen LogP contribution in [0, 0.1) is 5.92 Å². The molecule has 2 aliphatic rings. The number of aliphatic hydroxyl groups is 2. The van der Waals surface area contributed by atoms with E-state index >= 15 is 0 Å². The van der Waals surface area contributed by atoms with Crippen LogP contribution in [0.2, 0.25) is 0 Å². The molecule has 0 radical (unpaired) electrons. The molecular formula is C20H32O5. The van der Waals surface area contributed by atoms with Gasteiger partial charge in [0.05, 0.1) is 24.4 Å². The lowest BCUT2D eigenvalue weighted by atomic mass is 9.97. The topological polar surface area (TPSA) is 87.0 Å². The third kappa shape index (κ3) is 6.24. The predicted molar refractivity (Wildman–Crippen MR) is 96.3 cm³/mol. The Kier molecular flexibility index (Phi) is 8.13. The van der Waals surface area contributed by atoms with Crippen LogP contribution >= 0.6 is 0 Å². The smallest absolute Gasteiger partial charge is 0.303 e. The fraction of sp³-hybridized carbons (Fsp3) is 0.750. The molecule has 0 spiro atoms. The zero-order valence-corrected chi connectivity index (χ0v) is 15.1. The lowest BCUT2D eigenvalue weighted by Crippen LogP contribution is -2.16. The molecule has 1 saturated carbocycles. The van der Waals surface area contributed by atoms with E-state index < -0.39 is 18.2 Å². The van der Waals surface area contributed by atoms with Gasteiger partial charge in [-0.1, -0.05) is 44.4 Å². The van der Waals surface area contributed by atoms with E-state index in [1.165, 1.54) is 0 Å². The molecular weight excluding hydrogens is 320 g/mol. The molecule has 3 N–H and O–H groups in total. The lowest BCUT2D eigenvalue weighted by molar-refractivity contribution is -0.137. The van der Waals surface area contributed by atoms with Crippen molar-refractivity contribution < 1.29 is 24.9 Å². The molecule has 0 aromatic carbocycles. The standard InChI is InChI=1S/C20H32O5/c1-2-3-4-7-14(21)10-11-16-17-12-15(8-5-6-9-20(23)24)25-19(17)13-18(16)22/h10-12,14-16,18-19,21-22H,2-9,13H2,1H3,(H,23,24)/t14?,15?,16-,18?,19?/m1/s1. The number of hydrogen-bond donors (Lipinski definition) is 3. The van der Waals surface area contributed by atoms with Crippen LogP contribution in [-0.2, 0) is 9.53 Å². The van der Waals surface area contributed by atoms with E-state index in [4.69, 9.17) is 9.84 Å². The van der Waals surface area contributed by atoms with Gasteiger partial charge in [0.1, 0.15) is 0 Å². The minimum absolute atomic E-state index is 0.0201. The summed E-state index contributed by atoms with van der Waals surface area (Å²) in [5, 5.41) is 29.0. The summed E-state index contributed by atoms with van der Waals surface area (Å²) in [6.45, 7) is 2.14. The van der Waals surface area contributed by atoms with Gasteiger partial charge in [0.15, 0.2) is 0 Å². The molecule has 25 heavy (non-hydrogen) atoms. The fourth-order valence-corrected chi connectivity index (χ4v) is 3.72.